The summed E-state index contributed by atoms with van der Waals surface area (Å²) in [6.07, 6.45) is 0.662. The van der Waals surface area contributed by atoms with E-state index >= 15 is 0 Å². The molecule has 4 rings (SSSR count). The predicted octanol–water partition coefficient (Wildman–Crippen LogP) is 3.23. The molecule has 0 fully saturated rings. The first kappa shape index (κ1) is 17.7. The number of fused-ring (bicyclic) bond motifs is 2. The zero-order valence-electron chi connectivity index (χ0n) is 15.1. The summed E-state index contributed by atoms with van der Waals surface area (Å²) in [4.78, 5) is 28.7. The molecule has 0 saturated heterocycles. The van der Waals surface area contributed by atoms with Crippen molar-refractivity contribution in [3.8, 4) is 0 Å². The van der Waals surface area contributed by atoms with Crippen molar-refractivity contribution in [3.05, 3.63) is 63.4 Å². The lowest BCUT2D eigenvalue weighted by molar-refractivity contribution is 0.0727. The number of hydrogen-bond acceptors (Lipinski definition) is 3. The fourth-order valence-corrected chi connectivity index (χ4v) is 3.77. The summed E-state index contributed by atoms with van der Waals surface area (Å²) in [6.45, 7) is 0.986. The van der Waals surface area contributed by atoms with E-state index in [0.717, 1.165) is 26.5 Å². The van der Waals surface area contributed by atoms with Crippen LogP contribution < -0.4 is 0 Å². The fraction of sp³-hybridized carbons (Fsp3) is 0.250. The predicted molar refractivity (Wildman–Crippen MR) is 107 cm³/mol. The highest BCUT2D eigenvalue weighted by molar-refractivity contribution is 9.10. The van der Waals surface area contributed by atoms with Crippen molar-refractivity contribution in [1.29, 1.82) is 0 Å². The third kappa shape index (κ3) is 3.23. The Morgan fingerprint density at radius 2 is 1.89 bits per heavy atom. The topological polar surface area (TPSA) is 69.3 Å². The van der Waals surface area contributed by atoms with E-state index in [-0.39, 0.29) is 11.8 Å². The molecule has 0 radical (unpaired) electrons. The van der Waals surface area contributed by atoms with Gasteiger partial charge >= 0.3 is 0 Å². The minimum absolute atomic E-state index is 0.0325. The molecule has 2 amide bonds. The maximum absolute atomic E-state index is 13.0. The van der Waals surface area contributed by atoms with Crippen LogP contribution in [0, 0.1) is 0 Å². The molecule has 0 spiro atoms. The summed E-state index contributed by atoms with van der Waals surface area (Å²) >= 11 is 3.47. The van der Waals surface area contributed by atoms with Crippen LogP contribution >= 0.6 is 15.9 Å². The van der Waals surface area contributed by atoms with Gasteiger partial charge in [0.1, 0.15) is 0 Å². The fourth-order valence-electron chi connectivity index (χ4n) is 3.39. The minimum atomic E-state index is -0.155. The number of benzene rings is 2. The molecular weight excluding hydrogens is 408 g/mol. The maximum atomic E-state index is 13.0. The van der Waals surface area contributed by atoms with Crippen LogP contribution in [-0.2, 0) is 13.0 Å². The standard InChI is InChI=1S/C20H19BrN4O2/c1-24(2)20(27)18-16-11-25(8-7-17(16)22-23-18)19(26)14-4-3-13-10-15(21)6-5-12(13)9-14/h3-6,9-10H,7-8,11H2,1-2H3,(H,22,23). The van der Waals surface area contributed by atoms with Crippen molar-refractivity contribution in [3.63, 3.8) is 0 Å². The second-order valence-electron chi connectivity index (χ2n) is 6.91. The van der Waals surface area contributed by atoms with E-state index in [2.05, 4.69) is 26.1 Å². The van der Waals surface area contributed by atoms with Gasteiger partial charge in [-0.25, -0.2) is 0 Å². The first-order valence-corrected chi connectivity index (χ1v) is 9.49. The Balaban J connectivity index is 1.62. The van der Waals surface area contributed by atoms with Gasteiger partial charge in [0.15, 0.2) is 5.69 Å². The SMILES string of the molecule is CN(C)C(=O)c1n[nH]c2c1CN(C(=O)c1ccc3cc(Br)ccc3c1)CC2. The van der Waals surface area contributed by atoms with Crippen molar-refractivity contribution >= 4 is 38.5 Å². The van der Waals surface area contributed by atoms with Gasteiger partial charge in [-0.15, -0.1) is 0 Å². The average Bonchev–Trinajstić information content (AvgIpc) is 3.09. The highest BCUT2D eigenvalue weighted by atomic mass is 79.9. The summed E-state index contributed by atoms with van der Waals surface area (Å²) in [5.74, 6) is -0.187. The second kappa shape index (κ2) is 6.81. The van der Waals surface area contributed by atoms with E-state index in [1.807, 2.05) is 36.4 Å². The number of amides is 2. The van der Waals surface area contributed by atoms with Crippen LogP contribution in [0.25, 0.3) is 10.8 Å². The Kier molecular flexibility index (Phi) is 4.47. The molecule has 2 aromatic carbocycles. The van der Waals surface area contributed by atoms with Gasteiger partial charge in [0.25, 0.3) is 11.8 Å². The van der Waals surface area contributed by atoms with Crippen LogP contribution in [0.15, 0.2) is 40.9 Å². The molecule has 0 saturated carbocycles. The van der Waals surface area contributed by atoms with E-state index in [1.54, 1.807) is 19.0 Å². The molecule has 6 nitrogen and oxygen atoms in total. The lowest BCUT2D eigenvalue weighted by atomic mass is 10.0. The van der Waals surface area contributed by atoms with Crippen LogP contribution in [0.4, 0.5) is 0 Å². The third-order valence-corrected chi connectivity index (χ3v) is 5.37. The van der Waals surface area contributed by atoms with Crippen molar-refractivity contribution in [1.82, 2.24) is 20.0 Å². The van der Waals surface area contributed by atoms with Crippen molar-refractivity contribution in [2.75, 3.05) is 20.6 Å². The molecular formula is C20H19BrN4O2. The largest absolute Gasteiger partial charge is 0.343 e. The zero-order chi connectivity index (χ0) is 19.1. The second-order valence-corrected chi connectivity index (χ2v) is 7.83. The normalized spacial score (nSPS) is 13.5. The van der Waals surface area contributed by atoms with E-state index in [0.29, 0.717) is 30.8 Å². The van der Waals surface area contributed by atoms with Gasteiger partial charge in [-0.3, -0.25) is 14.7 Å². The van der Waals surface area contributed by atoms with Crippen LogP contribution in [0.1, 0.15) is 32.1 Å². The van der Waals surface area contributed by atoms with Crippen LogP contribution in [0.2, 0.25) is 0 Å². The minimum Gasteiger partial charge on any atom is -0.343 e. The Morgan fingerprint density at radius 3 is 2.67 bits per heavy atom. The molecule has 3 aromatic rings. The van der Waals surface area contributed by atoms with Crippen molar-refractivity contribution in [2.45, 2.75) is 13.0 Å². The molecule has 7 heteroatoms. The highest BCUT2D eigenvalue weighted by Crippen LogP contribution is 2.25. The maximum Gasteiger partial charge on any atom is 0.274 e. The molecule has 1 aromatic heterocycles. The van der Waals surface area contributed by atoms with E-state index in [1.165, 1.54) is 4.90 Å². The van der Waals surface area contributed by atoms with Gasteiger partial charge in [-0.05, 0) is 35.0 Å². The molecule has 1 N–H and O–H groups in total. The van der Waals surface area contributed by atoms with Gasteiger partial charge in [0, 0.05) is 48.4 Å². The molecule has 1 aliphatic heterocycles. The number of halogens is 1. The first-order valence-electron chi connectivity index (χ1n) is 8.70. The quantitative estimate of drug-likeness (QED) is 0.683. The highest BCUT2D eigenvalue weighted by Gasteiger charge is 2.28. The van der Waals surface area contributed by atoms with Gasteiger partial charge < -0.3 is 9.80 Å². The number of nitrogens with zero attached hydrogens (tertiary/aromatic N) is 3. The molecule has 0 atom stereocenters. The number of carbonyl (C=O) groups excluding carboxylic acids is 2. The third-order valence-electron chi connectivity index (χ3n) is 4.88. The number of aromatic amines is 1. The Morgan fingerprint density at radius 1 is 1.15 bits per heavy atom. The molecule has 27 heavy (non-hydrogen) atoms. The Labute approximate surface area is 165 Å². The lowest BCUT2D eigenvalue weighted by Crippen LogP contribution is -2.36. The monoisotopic (exact) mass is 426 g/mol. The van der Waals surface area contributed by atoms with Crippen LogP contribution in [-0.4, -0.2) is 52.5 Å². The zero-order valence-corrected chi connectivity index (χ0v) is 16.7. The first-order chi connectivity index (χ1) is 12.9. The summed E-state index contributed by atoms with van der Waals surface area (Å²) in [7, 11) is 3.39. The van der Waals surface area contributed by atoms with E-state index in [9.17, 15) is 9.59 Å². The van der Waals surface area contributed by atoms with Crippen LogP contribution in [0.5, 0.6) is 0 Å². The number of aromatic nitrogens is 2. The number of nitrogens with one attached hydrogen (secondary N) is 1. The summed E-state index contributed by atoms with van der Waals surface area (Å²) in [6, 6.07) is 11.7. The smallest absolute Gasteiger partial charge is 0.274 e. The Bertz CT molecular complexity index is 1060. The molecule has 0 unspecified atom stereocenters. The van der Waals surface area contributed by atoms with E-state index in [4.69, 9.17) is 0 Å². The van der Waals surface area contributed by atoms with Crippen molar-refractivity contribution < 1.29 is 9.59 Å². The van der Waals surface area contributed by atoms with Gasteiger partial charge in [0.05, 0.1) is 6.54 Å². The molecule has 1 aliphatic rings. The number of carbonyl (C=O) groups is 2. The summed E-state index contributed by atoms with van der Waals surface area (Å²) in [5.41, 5.74) is 2.80. The van der Waals surface area contributed by atoms with Gasteiger partial charge in [-0.1, -0.05) is 28.1 Å². The van der Waals surface area contributed by atoms with E-state index < -0.39 is 0 Å². The molecule has 2 heterocycles. The van der Waals surface area contributed by atoms with Gasteiger partial charge in [-0.2, -0.15) is 5.10 Å². The van der Waals surface area contributed by atoms with Gasteiger partial charge in [0.2, 0.25) is 0 Å². The number of hydrogen-bond donors (Lipinski definition) is 1. The average molecular weight is 427 g/mol. The Hall–Kier alpha value is -2.67. The molecule has 0 bridgehead atoms. The summed E-state index contributed by atoms with van der Waals surface area (Å²) in [5, 5.41) is 9.23. The lowest BCUT2D eigenvalue weighted by Gasteiger charge is -2.27. The molecule has 138 valence electrons. The summed E-state index contributed by atoms with van der Waals surface area (Å²) < 4.78 is 1.01. The van der Waals surface area contributed by atoms with Crippen LogP contribution in [0.3, 0.4) is 0 Å². The number of H-pyrrole nitrogens is 1. The number of rotatable bonds is 2. The molecule has 0 aliphatic carbocycles. The van der Waals surface area contributed by atoms with Crippen molar-refractivity contribution in [2.24, 2.45) is 0 Å².